The second-order valence-electron chi connectivity index (χ2n) is 8.47. The van der Waals surface area contributed by atoms with E-state index in [9.17, 15) is 9.59 Å². The van der Waals surface area contributed by atoms with Crippen molar-refractivity contribution in [1.82, 2.24) is 24.9 Å². The van der Waals surface area contributed by atoms with Crippen LogP contribution in [0, 0.1) is 0 Å². The summed E-state index contributed by atoms with van der Waals surface area (Å²) in [4.78, 5) is 29.8. The highest BCUT2D eigenvalue weighted by atomic mass is 16.3. The number of piperazine rings is 1. The summed E-state index contributed by atoms with van der Waals surface area (Å²) in [6, 6.07) is 24.8. The van der Waals surface area contributed by atoms with Crippen LogP contribution in [0.2, 0.25) is 0 Å². The summed E-state index contributed by atoms with van der Waals surface area (Å²) in [6.45, 7) is 3.19. The highest BCUT2D eigenvalue weighted by Gasteiger charge is 2.27. The number of rotatable bonds is 7. The quantitative estimate of drug-likeness (QED) is 0.449. The average molecular weight is 470 g/mol. The van der Waals surface area contributed by atoms with Gasteiger partial charge in [0.15, 0.2) is 5.76 Å². The maximum atomic E-state index is 13.5. The molecule has 2 amide bonds. The van der Waals surface area contributed by atoms with Gasteiger partial charge in [-0.3, -0.25) is 14.5 Å². The van der Waals surface area contributed by atoms with E-state index >= 15 is 0 Å². The van der Waals surface area contributed by atoms with Gasteiger partial charge in [-0.2, -0.15) is 5.10 Å². The Morgan fingerprint density at radius 1 is 0.886 bits per heavy atom. The number of amides is 2. The molecular formula is C27H27N5O3. The first-order valence-corrected chi connectivity index (χ1v) is 11.7. The Hall–Kier alpha value is -4.17. The molecule has 8 nitrogen and oxygen atoms in total. The lowest BCUT2D eigenvalue weighted by molar-refractivity contribution is -0.122. The first-order chi connectivity index (χ1) is 17.2. The van der Waals surface area contributed by atoms with Gasteiger partial charge >= 0.3 is 0 Å². The van der Waals surface area contributed by atoms with Crippen LogP contribution in [0.3, 0.4) is 0 Å². The number of nitrogens with zero attached hydrogens (tertiary/aromatic N) is 4. The molecule has 1 fully saturated rings. The molecule has 178 valence electrons. The van der Waals surface area contributed by atoms with Gasteiger partial charge in [0.25, 0.3) is 5.91 Å². The molecule has 8 heteroatoms. The number of furan rings is 1. The Morgan fingerprint density at radius 3 is 2.29 bits per heavy atom. The number of carbonyl (C=O) groups excluding carboxylic acids is 2. The molecule has 0 spiro atoms. The third kappa shape index (κ3) is 5.33. The van der Waals surface area contributed by atoms with Gasteiger partial charge in [0.05, 0.1) is 18.5 Å². The molecule has 0 atom stereocenters. The van der Waals surface area contributed by atoms with Crippen LogP contribution < -0.4 is 5.32 Å². The van der Waals surface area contributed by atoms with Crippen molar-refractivity contribution in [1.29, 1.82) is 0 Å². The van der Waals surface area contributed by atoms with Gasteiger partial charge in [-0.05, 0) is 29.8 Å². The zero-order valence-electron chi connectivity index (χ0n) is 19.3. The van der Waals surface area contributed by atoms with Crippen LogP contribution in [0.4, 0.5) is 0 Å². The lowest BCUT2D eigenvalue weighted by Crippen LogP contribution is -2.51. The van der Waals surface area contributed by atoms with E-state index in [0.29, 0.717) is 56.4 Å². The largest absolute Gasteiger partial charge is 0.463 e. The maximum Gasteiger partial charge on any atom is 0.272 e. The molecule has 0 saturated carbocycles. The Morgan fingerprint density at radius 2 is 1.60 bits per heavy atom. The topological polar surface area (TPSA) is 83.6 Å². The minimum atomic E-state index is -0.0904. The van der Waals surface area contributed by atoms with E-state index in [1.54, 1.807) is 23.1 Å². The summed E-state index contributed by atoms with van der Waals surface area (Å²) in [5.41, 5.74) is 2.97. The van der Waals surface area contributed by atoms with E-state index in [0.717, 1.165) is 11.3 Å². The van der Waals surface area contributed by atoms with E-state index in [1.807, 2.05) is 71.6 Å². The molecule has 1 saturated heterocycles. The smallest absolute Gasteiger partial charge is 0.272 e. The Bertz CT molecular complexity index is 1260. The van der Waals surface area contributed by atoms with Crippen molar-refractivity contribution < 1.29 is 14.0 Å². The Kier molecular flexibility index (Phi) is 6.72. The number of nitrogens with one attached hydrogen (secondary N) is 1. The average Bonchev–Trinajstić information content (AvgIpc) is 3.59. The van der Waals surface area contributed by atoms with Crippen molar-refractivity contribution >= 4 is 11.8 Å². The number of aromatic nitrogens is 2. The molecule has 1 N–H and O–H groups in total. The van der Waals surface area contributed by atoms with Crippen molar-refractivity contribution in [2.75, 3.05) is 32.7 Å². The number of carbonyl (C=O) groups is 2. The molecular weight excluding hydrogens is 442 g/mol. The number of para-hydroxylation sites is 1. The van der Waals surface area contributed by atoms with Gasteiger partial charge in [-0.15, -0.1) is 0 Å². The molecule has 1 aliphatic rings. The highest BCUT2D eigenvalue weighted by Crippen LogP contribution is 2.23. The number of hydrogen-bond acceptors (Lipinski definition) is 5. The molecule has 0 radical (unpaired) electrons. The van der Waals surface area contributed by atoms with Crippen LogP contribution in [-0.4, -0.2) is 64.1 Å². The fourth-order valence-electron chi connectivity index (χ4n) is 4.17. The summed E-state index contributed by atoms with van der Waals surface area (Å²) in [6.07, 6.45) is 1.59. The van der Waals surface area contributed by atoms with Crippen LogP contribution >= 0.6 is 0 Å². The van der Waals surface area contributed by atoms with Gasteiger partial charge < -0.3 is 14.6 Å². The predicted octanol–water partition coefficient (Wildman–Crippen LogP) is 3.21. The van der Waals surface area contributed by atoms with Gasteiger partial charge in [0.2, 0.25) is 5.91 Å². The zero-order valence-corrected chi connectivity index (χ0v) is 19.3. The molecule has 3 heterocycles. The minimum Gasteiger partial charge on any atom is -0.463 e. The molecule has 2 aromatic heterocycles. The van der Waals surface area contributed by atoms with Crippen molar-refractivity contribution in [3.05, 3.63) is 96.4 Å². The predicted molar refractivity (Wildman–Crippen MR) is 132 cm³/mol. The summed E-state index contributed by atoms with van der Waals surface area (Å²) < 4.78 is 7.17. The molecule has 4 aromatic rings. The third-order valence-corrected chi connectivity index (χ3v) is 6.06. The highest BCUT2D eigenvalue weighted by molar-refractivity contribution is 5.94. The van der Waals surface area contributed by atoms with E-state index in [1.165, 1.54) is 0 Å². The van der Waals surface area contributed by atoms with Gasteiger partial charge in [0.1, 0.15) is 11.4 Å². The lowest BCUT2D eigenvalue weighted by atomic mass is 10.2. The van der Waals surface area contributed by atoms with Crippen LogP contribution in [0.25, 0.3) is 17.1 Å². The molecule has 35 heavy (non-hydrogen) atoms. The number of hydrogen-bond donors (Lipinski definition) is 1. The Labute approximate surface area is 203 Å². The maximum absolute atomic E-state index is 13.5. The molecule has 0 unspecified atom stereocenters. The van der Waals surface area contributed by atoms with Crippen molar-refractivity contribution in [2.45, 2.75) is 6.54 Å². The fourth-order valence-corrected chi connectivity index (χ4v) is 4.17. The van der Waals surface area contributed by atoms with E-state index in [4.69, 9.17) is 4.42 Å². The minimum absolute atomic E-state index is 0.0149. The van der Waals surface area contributed by atoms with Crippen molar-refractivity contribution in [3.63, 3.8) is 0 Å². The first kappa shape index (κ1) is 22.6. The summed E-state index contributed by atoms with van der Waals surface area (Å²) in [5.74, 6) is 0.506. The molecule has 2 aromatic carbocycles. The molecule has 0 bridgehead atoms. The SMILES string of the molecule is O=C(CN1CCN(C(=O)c2cc(-c3ccco3)nn2-c2ccccc2)CC1)NCc1ccccc1. The standard InChI is InChI=1S/C27H27N5O3/c33-26(28-19-21-8-3-1-4-9-21)20-30-13-15-31(16-14-30)27(34)24-18-23(25-12-7-17-35-25)29-32(24)22-10-5-2-6-11-22/h1-12,17-18H,13-16,19-20H2,(H,28,33). The second-order valence-corrected chi connectivity index (χ2v) is 8.47. The normalized spacial score (nSPS) is 14.1. The second kappa shape index (κ2) is 10.4. The van der Waals surface area contributed by atoms with Crippen molar-refractivity contribution in [2.24, 2.45) is 0 Å². The van der Waals surface area contributed by atoms with Crippen LogP contribution in [0.1, 0.15) is 16.1 Å². The lowest BCUT2D eigenvalue weighted by Gasteiger charge is -2.34. The molecule has 1 aliphatic heterocycles. The van der Waals surface area contributed by atoms with Crippen molar-refractivity contribution in [3.8, 4) is 17.1 Å². The number of benzene rings is 2. The van der Waals surface area contributed by atoms with Crippen LogP contribution in [-0.2, 0) is 11.3 Å². The monoisotopic (exact) mass is 469 g/mol. The third-order valence-electron chi connectivity index (χ3n) is 6.06. The summed E-state index contributed by atoms with van der Waals surface area (Å²) >= 11 is 0. The van der Waals surface area contributed by atoms with E-state index in [2.05, 4.69) is 15.3 Å². The summed E-state index contributed by atoms with van der Waals surface area (Å²) in [5, 5.41) is 7.62. The van der Waals surface area contributed by atoms with Gasteiger partial charge in [0, 0.05) is 38.8 Å². The van der Waals surface area contributed by atoms with Crippen LogP contribution in [0.15, 0.2) is 89.5 Å². The molecule has 0 aliphatic carbocycles. The van der Waals surface area contributed by atoms with Gasteiger partial charge in [-0.1, -0.05) is 48.5 Å². The van der Waals surface area contributed by atoms with E-state index in [-0.39, 0.29) is 11.8 Å². The molecule has 5 rings (SSSR count). The van der Waals surface area contributed by atoms with Crippen LogP contribution in [0.5, 0.6) is 0 Å². The zero-order chi connectivity index (χ0) is 24.0. The fraction of sp³-hybridized carbons (Fsp3) is 0.222. The van der Waals surface area contributed by atoms with Gasteiger partial charge in [-0.25, -0.2) is 4.68 Å². The summed E-state index contributed by atoms with van der Waals surface area (Å²) in [7, 11) is 0. The Balaban J connectivity index is 1.22. The first-order valence-electron chi connectivity index (χ1n) is 11.7. The van der Waals surface area contributed by atoms with E-state index < -0.39 is 0 Å².